The standard InChI is InChI=1S/C17H34N2/c1-5-8-15-12-19(16(11-18-15)14(2)3)13-17(4)9-6-7-10-17/h14-16,18H,5-13H2,1-4H3. The highest BCUT2D eigenvalue weighted by atomic mass is 15.2. The normalized spacial score (nSPS) is 32.1. The Kier molecular flexibility index (Phi) is 5.30. The predicted molar refractivity (Wildman–Crippen MR) is 83.5 cm³/mol. The highest BCUT2D eigenvalue weighted by molar-refractivity contribution is 4.92. The van der Waals surface area contributed by atoms with Gasteiger partial charge in [-0.1, -0.05) is 47.0 Å². The second-order valence-electron chi connectivity index (χ2n) is 7.65. The summed E-state index contributed by atoms with van der Waals surface area (Å²) in [5.74, 6) is 0.764. The van der Waals surface area contributed by atoms with E-state index in [1.807, 2.05) is 0 Å². The lowest BCUT2D eigenvalue weighted by molar-refractivity contribution is 0.0548. The molecule has 2 rings (SSSR count). The van der Waals surface area contributed by atoms with Crippen molar-refractivity contribution in [2.75, 3.05) is 19.6 Å². The Morgan fingerprint density at radius 3 is 2.53 bits per heavy atom. The molecule has 1 N–H and O–H groups in total. The van der Waals surface area contributed by atoms with Gasteiger partial charge in [-0.05, 0) is 30.6 Å². The molecule has 0 bridgehead atoms. The quantitative estimate of drug-likeness (QED) is 0.817. The van der Waals surface area contributed by atoms with Crippen molar-refractivity contribution < 1.29 is 0 Å². The monoisotopic (exact) mass is 266 g/mol. The third-order valence-corrected chi connectivity index (χ3v) is 5.34. The summed E-state index contributed by atoms with van der Waals surface area (Å²) < 4.78 is 0. The van der Waals surface area contributed by atoms with Gasteiger partial charge < -0.3 is 5.32 Å². The minimum Gasteiger partial charge on any atom is -0.311 e. The highest BCUT2D eigenvalue weighted by Crippen LogP contribution is 2.39. The van der Waals surface area contributed by atoms with Crippen LogP contribution >= 0.6 is 0 Å². The zero-order valence-electron chi connectivity index (χ0n) is 13.5. The topological polar surface area (TPSA) is 15.3 Å². The van der Waals surface area contributed by atoms with E-state index in [-0.39, 0.29) is 0 Å². The molecule has 0 aromatic carbocycles. The Labute approximate surface area is 120 Å². The van der Waals surface area contributed by atoms with Gasteiger partial charge in [0.25, 0.3) is 0 Å². The van der Waals surface area contributed by atoms with Crippen LogP contribution in [-0.4, -0.2) is 36.6 Å². The molecule has 0 aromatic heterocycles. The fourth-order valence-electron chi connectivity index (χ4n) is 4.16. The van der Waals surface area contributed by atoms with Gasteiger partial charge in [0.2, 0.25) is 0 Å². The molecule has 2 unspecified atom stereocenters. The summed E-state index contributed by atoms with van der Waals surface area (Å²) in [6.45, 7) is 13.4. The molecule has 2 atom stereocenters. The summed E-state index contributed by atoms with van der Waals surface area (Å²) in [6, 6.07) is 1.47. The Bertz CT molecular complexity index is 268. The molecule has 1 heterocycles. The molecule has 0 radical (unpaired) electrons. The number of rotatable bonds is 5. The maximum absolute atomic E-state index is 3.78. The first-order valence-corrected chi connectivity index (χ1v) is 8.51. The molecule has 1 saturated heterocycles. The summed E-state index contributed by atoms with van der Waals surface area (Å²) in [5.41, 5.74) is 0.598. The number of nitrogens with one attached hydrogen (secondary N) is 1. The SMILES string of the molecule is CCCC1CN(CC2(C)CCCC2)C(C(C)C)CN1. The summed E-state index contributed by atoms with van der Waals surface area (Å²) in [4.78, 5) is 2.83. The van der Waals surface area contributed by atoms with Crippen molar-refractivity contribution in [1.82, 2.24) is 10.2 Å². The van der Waals surface area contributed by atoms with E-state index in [1.165, 1.54) is 58.2 Å². The van der Waals surface area contributed by atoms with Crippen LogP contribution in [0.25, 0.3) is 0 Å². The smallest absolute Gasteiger partial charge is 0.0244 e. The van der Waals surface area contributed by atoms with Crippen molar-refractivity contribution in [3.05, 3.63) is 0 Å². The number of nitrogens with zero attached hydrogens (tertiary/aromatic N) is 1. The predicted octanol–water partition coefficient (Wildman–Crippen LogP) is 3.67. The third-order valence-electron chi connectivity index (χ3n) is 5.34. The van der Waals surface area contributed by atoms with Crippen molar-refractivity contribution >= 4 is 0 Å². The van der Waals surface area contributed by atoms with Gasteiger partial charge in [0.15, 0.2) is 0 Å². The molecule has 0 aromatic rings. The summed E-state index contributed by atoms with van der Waals surface area (Å²) in [7, 11) is 0. The molecule has 19 heavy (non-hydrogen) atoms. The van der Waals surface area contributed by atoms with Crippen molar-refractivity contribution in [3.63, 3.8) is 0 Å². The van der Waals surface area contributed by atoms with Gasteiger partial charge in [0, 0.05) is 31.7 Å². The zero-order chi connectivity index (χ0) is 13.9. The van der Waals surface area contributed by atoms with Gasteiger partial charge in [-0.15, -0.1) is 0 Å². The molecule has 2 nitrogen and oxygen atoms in total. The van der Waals surface area contributed by atoms with Crippen LogP contribution in [0.2, 0.25) is 0 Å². The van der Waals surface area contributed by atoms with Gasteiger partial charge in [-0.3, -0.25) is 4.90 Å². The molecule has 1 aliphatic carbocycles. The summed E-state index contributed by atoms with van der Waals surface area (Å²) in [6.07, 6.45) is 8.42. The molecule has 0 spiro atoms. The van der Waals surface area contributed by atoms with Crippen molar-refractivity contribution in [1.29, 1.82) is 0 Å². The van der Waals surface area contributed by atoms with Crippen LogP contribution in [0.4, 0.5) is 0 Å². The van der Waals surface area contributed by atoms with Gasteiger partial charge in [-0.25, -0.2) is 0 Å². The van der Waals surface area contributed by atoms with Crippen LogP contribution in [0.1, 0.15) is 66.2 Å². The fourth-order valence-corrected chi connectivity index (χ4v) is 4.16. The molecule has 112 valence electrons. The van der Waals surface area contributed by atoms with Gasteiger partial charge in [0.1, 0.15) is 0 Å². The largest absolute Gasteiger partial charge is 0.311 e. The van der Waals surface area contributed by atoms with Crippen molar-refractivity contribution in [3.8, 4) is 0 Å². The lowest BCUT2D eigenvalue weighted by Crippen LogP contribution is -2.59. The molecule has 2 fully saturated rings. The van der Waals surface area contributed by atoms with Crippen molar-refractivity contribution in [2.45, 2.75) is 78.3 Å². The van der Waals surface area contributed by atoms with Gasteiger partial charge in [-0.2, -0.15) is 0 Å². The Morgan fingerprint density at radius 2 is 1.95 bits per heavy atom. The van der Waals surface area contributed by atoms with Crippen LogP contribution in [0.15, 0.2) is 0 Å². The average Bonchev–Trinajstić information content (AvgIpc) is 2.76. The first kappa shape index (κ1) is 15.3. The lowest BCUT2D eigenvalue weighted by Gasteiger charge is -2.45. The second kappa shape index (κ2) is 6.58. The molecular weight excluding hydrogens is 232 g/mol. The van der Waals surface area contributed by atoms with Crippen LogP contribution in [-0.2, 0) is 0 Å². The number of piperazine rings is 1. The van der Waals surface area contributed by atoms with E-state index in [0.717, 1.165) is 18.0 Å². The van der Waals surface area contributed by atoms with E-state index >= 15 is 0 Å². The first-order valence-electron chi connectivity index (χ1n) is 8.51. The van der Waals surface area contributed by atoms with E-state index in [2.05, 4.69) is 37.9 Å². The van der Waals surface area contributed by atoms with Crippen LogP contribution in [0.5, 0.6) is 0 Å². The van der Waals surface area contributed by atoms with E-state index in [0.29, 0.717) is 5.41 Å². The average molecular weight is 266 g/mol. The third kappa shape index (κ3) is 3.95. The van der Waals surface area contributed by atoms with E-state index in [1.54, 1.807) is 0 Å². The minimum absolute atomic E-state index is 0.598. The number of hydrogen-bond acceptors (Lipinski definition) is 2. The van der Waals surface area contributed by atoms with Gasteiger partial charge in [0.05, 0.1) is 0 Å². The van der Waals surface area contributed by atoms with E-state index in [4.69, 9.17) is 0 Å². The highest BCUT2D eigenvalue weighted by Gasteiger charge is 2.36. The van der Waals surface area contributed by atoms with Crippen molar-refractivity contribution in [2.24, 2.45) is 11.3 Å². The number of hydrogen-bond donors (Lipinski definition) is 1. The summed E-state index contributed by atoms with van der Waals surface area (Å²) in [5, 5.41) is 3.78. The maximum atomic E-state index is 3.78. The second-order valence-corrected chi connectivity index (χ2v) is 7.65. The van der Waals surface area contributed by atoms with Gasteiger partial charge >= 0.3 is 0 Å². The molecule has 0 amide bonds. The Morgan fingerprint density at radius 1 is 1.26 bits per heavy atom. The zero-order valence-corrected chi connectivity index (χ0v) is 13.5. The van der Waals surface area contributed by atoms with Crippen LogP contribution < -0.4 is 5.32 Å². The van der Waals surface area contributed by atoms with E-state index in [9.17, 15) is 0 Å². The Hall–Kier alpha value is -0.0800. The van der Waals surface area contributed by atoms with E-state index < -0.39 is 0 Å². The fraction of sp³-hybridized carbons (Fsp3) is 1.00. The Balaban J connectivity index is 1.98. The molecule has 1 saturated carbocycles. The lowest BCUT2D eigenvalue weighted by atomic mass is 9.86. The van der Waals surface area contributed by atoms with Crippen LogP contribution in [0.3, 0.4) is 0 Å². The first-order chi connectivity index (χ1) is 9.04. The minimum atomic E-state index is 0.598. The summed E-state index contributed by atoms with van der Waals surface area (Å²) >= 11 is 0. The molecule has 2 aliphatic rings. The molecular formula is C17H34N2. The maximum Gasteiger partial charge on any atom is 0.0244 e. The molecule has 1 aliphatic heterocycles. The van der Waals surface area contributed by atoms with Crippen LogP contribution in [0, 0.1) is 11.3 Å². The molecule has 2 heteroatoms.